The normalized spacial score (nSPS) is 24.5. The van der Waals surface area contributed by atoms with E-state index in [2.05, 4.69) is 15.0 Å². The van der Waals surface area contributed by atoms with E-state index in [0.717, 1.165) is 44.0 Å². The van der Waals surface area contributed by atoms with Crippen LogP contribution in [0.4, 0.5) is 6.01 Å². The fourth-order valence-electron chi connectivity index (χ4n) is 3.38. The lowest BCUT2D eigenvalue weighted by Gasteiger charge is -2.28. The molecule has 0 unspecified atom stereocenters. The Bertz CT molecular complexity index is 855. The monoisotopic (exact) mass is 383 g/mol. The fourth-order valence-corrected chi connectivity index (χ4v) is 5.00. The summed E-state index contributed by atoms with van der Waals surface area (Å²) in [4.78, 5) is 4.43. The molecule has 0 spiro atoms. The Kier molecular flexibility index (Phi) is 4.64. The minimum Gasteiger partial charge on any atom is -0.423 e. The number of aromatic nitrogens is 1. The molecule has 2 aliphatic rings. The quantitative estimate of drug-likeness (QED) is 0.797. The highest BCUT2D eigenvalue weighted by molar-refractivity contribution is 7.90. The third kappa shape index (κ3) is 4.10. The van der Waals surface area contributed by atoms with Gasteiger partial charge in [0.1, 0.15) is 5.52 Å². The average Bonchev–Trinajstić information content (AvgIpc) is 3.37. The van der Waals surface area contributed by atoms with Crippen LogP contribution < -0.4 is 10.0 Å². The zero-order valence-electron chi connectivity index (χ0n) is 13.9. The molecule has 2 aliphatic carbocycles. The maximum Gasteiger partial charge on any atom is 0.295 e. The molecule has 1 aromatic heterocycles. The van der Waals surface area contributed by atoms with Gasteiger partial charge in [-0.3, -0.25) is 0 Å². The highest BCUT2D eigenvalue weighted by Gasteiger charge is 2.36. The van der Waals surface area contributed by atoms with E-state index in [-0.39, 0.29) is 5.25 Å². The Morgan fingerprint density at radius 3 is 2.64 bits per heavy atom. The molecule has 2 aromatic rings. The SMILES string of the molecule is O=S(=O)(NCC1CCC(Nc2nc3ccc(Cl)cc3o2)CC1)C1CC1. The first-order valence-electron chi connectivity index (χ1n) is 8.81. The first kappa shape index (κ1) is 17.1. The molecule has 0 amide bonds. The van der Waals surface area contributed by atoms with Crippen LogP contribution in [-0.4, -0.2) is 31.2 Å². The second kappa shape index (κ2) is 6.78. The smallest absolute Gasteiger partial charge is 0.295 e. The fraction of sp³-hybridized carbons (Fsp3) is 0.588. The lowest BCUT2D eigenvalue weighted by molar-refractivity contribution is 0.334. The van der Waals surface area contributed by atoms with E-state index in [4.69, 9.17) is 16.0 Å². The number of benzene rings is 1. The van der Waals surface area contributed by atoms with Crippen molar-refractivity contribution in [2.45, 2.75) is 49.8 Å². The second-order valence-electron chi connectivity index (χ2n) is 7.09. The molecule has 8 heteroatoms. The topological polar surface area (TPSA) is 84.2 Å². The van der Waals surface area contributed by atoms with Gasteiger partial charge in [0.05, 0.1) is 5.25 Å². The molecule has 0 atom stereocenters. The minimum absolute atomic E-state index is 0.141. The average molecular weight is 384 g/mol. The minimum atomic E-state index is -3.07. The molecular formula is C17H22ClN3O3S. The van der Waals surface area contributed by atoms with Crippen LogP contribution in [0.5, 0.6) is 0 Å². The van der Waals surface area contributed by atoms with Crippen LogP contribution in [0.2, 0.25) is 5.02 Å². The van der Waals surface area contributed by atoms with Gasteiger partial charge in [0.25, 0.3) is 6.01 Å². The van der Waals surface area contributed by atoms with E-state index in [0.29, 0.717) is 35.1 Å². The highest BCUT2D eigenvalue weighted by atomic mass is 35.5. The third-order valence-corrected chi connectivity index (χ3v) is 7.21. The summed E-state index contributed by atoms with van der Waals surface area (Å²) >= 11 is 5.96. The molecular weight excluding hydrogens is 362 g/mol. The number of hydrogen-bond acceptors (Lipinski definition) is 5. The van der Waals surface area contributed by atoms with Crippen molar-refractivity contribution in [2.75, 3.05) is 11.9 Å². The molecule has 2 N–H and O–H groups in total. The van der Waals surface area contributed by atoms with Crippen molar-refractivity contribution in [3.63, 3.8) is 0 Å². The number of rotatable bonds is 6. The molecule has 0 aliphatic heterocycles. The number of nitrogens with one attached hydrogen (secondary N) is 2. The van der Waals surface area contributed by atoms with Crippen LogP contribution in [0.25, 0.3) is 11.1 Å². The van der Waals surface area contributed by atoms with Gasteiger partial charge in [0.2, 0.25) is 10.0 Å². The van der Waals surface area contributed by atoms with Gasteiger partial charge in [0, 0.05) is 23.7 Å². The van der Waals surface area contributed by atoms with E-state index in [1.54, 1.807) is 12.1 Å². The molecule has 0 radical (unpaired) electrons. The Balaban J connectivity index is 1.28. The number of nitrogens with zero attached hydrogens (tertiary/aromatic N) is 1. The number of anilines is 1. The van der Waals surface area contributed by atoms with Gasteiger partial charge in [-0.05, 0) is 56.6 Å². The first-order chi connectivity index (χ1) is 12.0. The van der Waals surface area contributed by atoms with Crippen molar-refractivity contribution >= 4 is 38.7 Å². The van der Waals surface area contributed by atoms with E-state index in [9.17, 15) is 8.42 Å². The summed E-state index contributed by atoms with van der Waals surface area (Å²) in [6.07, 6.45) is 5.57. The van der Waals surface area contributed by atoms with Crippen molar-refractivity contribution in [1.82, 2.24) is 9.71 Å². The van der Waals surface area contributed by atoms with E-state index < -0.39 is 10.0 Å². The van der Waals surface area contributed by atoms with E-state index in [1.807, 2.05) is 6.07 Å². The lowest BCUT2D eigenvalue weighted by atomic mass is 9.86. The van der Waals surface area contributed by atoms with E-state index >= 15 is 0 Å². The largest absolute Gasteiger partial charge is 0.423 e. The molecule has 1 heterocycles. The van der Waals surface area contributed by atoms with Crippen molar-refractivity contribution in [3.8, 4) is 0 Å². The summed E-state index contributed by atoms with van der Waals surface area (Å²) in [6, 6.07) is 6.23. The molecule has 136 valence electrons. The maximum atomic E-state index is 11.9. The van der Waals surface area contributed by atoms with Crippen LogP contribution in [0.15, 0.2) is 22.6 Å². The number of sulfonamides is 1. The molecule has 2 saturated carbocycles. The molecule has 1 aromatic carbocycles. The van der Waals surface area contributed by atoms with Crippen molar-refractivity contribution in [2.24, 2.45) is 5.92 Å². The molecule has 0 saturated heterocycles. The van der Waals surface area contributed by atoms with Gasteiger partial charge in [-0.1, -0.05) is 11.6 Å². The lowest BCUT2D eigenvalue weighted by Crippen LogP contribution is -2.35. The van der Waals surface area contributed by atoms with Gasteiger partial charge in [-0.15, -0.1) is 0 Å². The van der Waals surface area contributed by atoms with E-state index in [1.165, 1.54) is 0 Å². The van der Waals surface area contributed by atoms with Crippen LogP contribution in [0.3, 0.4) is 0 Å². The summed E-state index contributed by atoms with van der Waals surface area (Å²) in [6.45, 7) is 0.562. The second-order valence-corrected chi connectivity index (χ2v) is 9.57. The van der Waals surface area contributed by atoms with Crippen molar-refractivity contribution < 1.29 is 12.8 Å². The number of fused-ring (bicyclic) bond motifs is 1. The molecule has 0 bridgehead atoms. The van der Waals surface area contributed by atoms with Crippen LogP contribution in [0.1, 0.15) is 38.5 Å². The number of hydrogen-bond donors (Lipinski definition) is 2. The van der Waals surface area contributed by atoms with Gasteiger partial charge in [-0.2, -0.15) is 4.98 Å². The van der Waals surface area contributed by atoms with Crippen LogP contribution in [0, 0.1) is 5.92 Å². The molecule has 25 heavy (non-hydrogen) atoms. The Hall–Kier alpha value is -1.31. The molecule has 4 rings (SSSR count). The molecule has 2 fully saturated rings. The van der Waals surface area contributed by atoms with Crippen LogP contribution >= 0.6 is 11.6 Å². The predicted molar refractivity (Wildman–Crippen MR) is 98.3 cm³/mol. The molecule has 6 nitrogen and oxygen atoms in total. The van der Waals surface area contributed by atoms with Gasteiger partial charge in [0.15, 0.2) is 5.58 Å². The standard InChI is InChI=1S/C17H22ClN3O3S/c18-12-3-8-15-16(9-12)24-17(21-15)20-13-4-1-11(2-5-13)10-19-25(22,23)14-6-7-14/h3,8-9,11,13-14,19H,1-2,4-7,10H2,(H,20,21). The Morgan fingerprint density at radius 2 is 1.92 bits per heavy atom. The number of oxazole rings is 1. The first-order valence-corrected chi connectivity index (χ1v) is 10.7. The summed E-state index contributed by atoms with van der Waals surface area (Å²) in [7, 11) is -3.07. The number of halogens is 1. The van der Waals surface area contributed by atoms with Gasteiger partial charge in [-0.25, -0.2) is 13.1 Å². The highest BCUT2D eigenvalue weighted by Crippen LogP contribution is 2.30. The zero-order chi connectivity index (χ0) is 17.4. The van der Waals surface area contributed by atoms with Gasteiger partial charge >= 0.3 is 0 Å². The van der Waals surface area contributed by atoms with Gasteiger partial charge < -0.3 is 9.73 Å². The van der Waals surface area contributed by atoms with Crippen LogP contribution in [-0.2, 0) is 10.0 Å². The maximum absolute atomic E-state index is 11.9. The van der Waals surface area contributed by atoms with Crippen molar-refractivity contribution in [3.05, 3.63) is 23.2 Å². The summed E-state index contributed by atoms with van der Waals surface area (Å²) in [5, 5.41) is 3.84. The summed E-state index contributed by atoms with van der Waals surface area (Å²) in [5.74, 6) is 0.411. The third-order valence-electron chi connectivity index (χ3n) is 5.06. The Morgan fingerprint density at radius 1 is 1.16 bits per heavy atom. The van der Waals surface area contributed by atoms with Crippen molar-refractivity contribution in [1.29, 1.82) is 0 Å². The Labute approximate surface area is 152 Å². The predicted octanol–water partition coefficient (Wildman–Crippen LogP) is 3.53. The summed E-state index contributed by atoms with van der Waals surface area (Å²) < 4.78 is 32.3. The zero-order valence-corrected chi connectivity index (χ0v) is 15.4. The summed E-state index contributed by atoms with van der Waals surface area (Å²) in [5.41, 5.74) is 1.47.